The zero-order valence-electron chi connectivity index (χ0n) is 49.2. The summed E-state index contributed by atoms with van der Waals surface area (Å²) < 4.78 is 16.9. The lowest BCUT2D eigenvalue weighted by Gasteiger charge is -2.18. The SMILES string of the molecule is CC/C=C\C/C=C\C/C=C\C/C=C\C/C=C\CCCCCCCCCCCC(=O)OCC(COC(=O)CCCCCCC/C=C\CCCCCCCCC)OC(=O)CCC/C=C\C/C=C\C/C=C\C/C=C\C/C=C\CC. The van der Waals surface area contributed by atoms with Gasteiger partial charge in [0.15, 0.2) is 6.10 Å². The Labute approximate surface area is 468 Å². The van der Waals surface area contributed by atoms with E-state index in [1.54, 1.807) is 0 Å². The molecule has 0 saturated carbocycles. The molecule has 0 aliphatic carbocycles. The Bertz CT molecular complexity index is 1630. The van der Waals surface area contributed by atoms with E-state index in [9.17, 15) is 14.4 Å². The topological polar surface area (TPSA) is 78.9 Å². The number of carbonyl (C=O) groups excluding carboxylic acids is 3. The molecule has 0 aromatic rings. The van der Waals surface area contributed by atoms with Crippen molar-refractivity contribution in [3.63, 3.8) is 0 Å². The average molecular weight is 1050 g/mol. The van der Waals surface area contributed by atoms with Gasteiger partial charge in [-0.15, -0.1) is 0 Å². The summed E-state index contributed by atoms with van der Waals surface area (Å²) in [5, 5.41) is 0. The van der Waals surface area contributed by atoms with Gasteiger partial charge < -0.3 is 14.2 Å². The van der Waals surface area contributed by atoms with Crippen LogP contribution in [0.2, 0.25) is 0 Å². The van der Waals surface area contributed by atoms with Crippen LogP contribution in [-0.2, 0) is 28.6 Å². The molecule has 0 amide bonds. The zero-order chi connectivity index (χ0) is 55.0. The molecule has 76 heavy (non-hydrogen) atoms. The van der Waals surface area contributed by atoms with Gasteiger partial charge in [-0.2, -0.15) is 0 Å². The van der Waals surface area contributed by atoms with Crippen LogP contribution in [0.4, 0.5) is 0 Å². The molecule has 430 valence electrons. The molecule has 0 aromatic heterocycles. The maximum absolute atomic E-state index is 12.9. The van der Waals surface area contributed by atoms with E-state index >= 15 is 0 Å². The summed E-state index contributed by atoms with van der Waals surface area (Å²) in [7, 11) is 0. The molecule has 0 bridgehead atoms. The van der Waals surface area contributed by atoms with Gasteiger partial charge in [-0.3, -0.25) is 14.4 Å². The van der Waals surface area contributed by atoms with Gasteiger partial charge in [-0.1, -0.05) is 257 Å². The van der Waals surface area contributed by atoms with Gasteiger partial charge in [0.2, 0.25) is 0 Å². The molecule has 0 rings (SSSR count). The number of unbranched alkanes of at least 4 members (excludes halogenated alkanes) is 22. The molecule has 0 aliphatic rings. The molecule has 0 aromatic carbocycles. The molecular weight excluding hydrogens is 937 g/mol. The number of esters is 3. The highest BCUT2D eigenvalue weighted by Gasteiger charge is 2.19. The van der Waals surface area contributed by atoms with Crippen LogP contribution in [0.1, 0.15) is 271 Å². The predicted molar refractivity (Wildman–Crippen MR) is 329 cm³/mol. The number of rotatable bonds is 55. The third-order valence-electron chi connectivity index (χ3n) is 12.9. The van der Waals surface area contributed by atoms with E-state index in [0.29, 0.717) is 19.3 Å². The van der Waals surface area contributed by atoms with E-state index < -0.39 is 6.10 Å². The maximum Gasteiger partial charge on any atom is 0.306 e. The minimum atomic E-state index is -0.819. The minimum Gasteiger partial charge on any atom is -0.462 e. The second-order valence-corrected chi connectivity index (χ2v) is 20.2. The molecule has 1 atom stereocenters. The van der Waals surface area contributed by atoms with Crippen molar-refractivity contribution < 1.29 is 28.6 Å². The van der Waals surface area contributed by atoms with Crippen LogP contribution in [-0.4, -0.2) is 37.2 Å². The minimum absolute atomic E-state index is 0.110. The van der Waals surface area contributed by atoms with Crippen LogP contribution in [0.25, 0.3) is 0 Å². The molecule has 0 fully saturated rings. The smallest absolute Gasteiger partial charge is 0.306 e. The molecule has 0 aliphatic heterocycles. The third kappa shape index (κ3) is 60.4. The van der Waals surface area contributed by atoms with E-state index in [1.165, 1.54) is 96.3 Å². The highest BCUT2D eigenvalue weighted by molar-refractivity contribution is 5.71. The molecular formula is C70H114O6. The van der Waals surface area contributed by atoms with Crippen molar-refractivity contribution >= 4 is 17.9 Å². The summed E-state index contributed by atoms with van der Waals surface area (Å²) in [5.41, 5.74) is 0. The molecule has 0 N–H and O–H groups in total. The van der Waals surface area contributed by atoms with Crippen LogP contribution in [0, 0.1) is 0 Å². The summed E-state index contributed by atoms with van der Waals surface area (Å²) in [6.07, 6.45) is 88.8. The highest BCUT2D eigenvalue weighted by atomic mass is 16.6. The fraction of sp³-hybridized carbons (Fsp3) is 0.643. The van der Waals surface area contributed by atoms with E-state index in [0.717, 1.165) is 128 Å². The first-order valence-electron chi connectivity index (χ1n) is 31.2. The summed E-state index contributed by atoms with van der Waals surface area (Å²) in [5.74, 6) is -0.982. The number of hydrogen-bond donors (Lipinski definition) is 0. The normalized spacial score (nSPS) is 13.0. The zero-order valence-corrected chi connectivity index (χ0v) is 49.2. The Morgan fingerprint density at radius 1 is 0.276 bits per heavy atom. The lowest BCUT2D eigenvalue weighted by molar-refractivity contribution is -0.167. The summed E-state index contributed by atoms with van der Waals surface area (Å²) in [4.78, 5) is 38.3. The third-order valence-corrected chi connectivity index (χ3v) is 12.9. The molecule has 0 radical (unpaired) electrons. The van der Waals surface area contributed by atoms with Crippen LogP contribution in [0.15, 0.2) is 134 Å². The summed E-state index contributed by atoms with van der Waals surface area (Å²) in [6.45, 7) is 6.36. The van der Waals surface area contributed by atoms with E-state index in [2.05, 4.69) is 154 Å². The Kier molecular flexibility index (Phi) is 59.4. The Morgan fingerprint density at radius 2 is 0.526 bits per heavy atom. The standard InChI is InChI=1S/C70H114O6/c1-4-7-10-13-16-19-22-25-28-31-32-33-34-35-36-37-38-40-42-45-48-51-54-57-60-63-69(72)75-66-67(65-74-68(71)62-59-56-53-50-47-44-41-30-27-24-21-18-15-12-9-6-3)76-70(73)64-61-58-55-52-49-46-43-39-29-26-23-20-17-14-11-8-5-2/h7-8,10-11,16-17,19-20,25-26,28-30,32-33,35-36,41,43,46,52,55,67H,4-6,9,12-15,18,21-24,27,31,34,37-40,42,44-45,47-51,53-54,56-66H2,1-3H3/b10-7-,11-8-,19-16-,20-17-,28-25-,29-26-,33-32-,36-35-,41-30-,46-43-,55-52-. The summed E-state index contributed by atoms with van der Waals surface area (Å²) in [6, 6.07) is 0. The first-order chi connectivity index (χ1) is 37.5. The lowest BCUT2D eigenvalue weighted by Crippen LogP contribution is -2.30. The van der Waals surface area contributed by atoms with Crippen LogP contribution < -0.4 is 0 Å². The van der Waals surface area contributed by atoms with Crippen LogP contribution in [0.3, 0.4) is 0 Å². The predicted octanol–water partition coefficient (Wildman–Crippen LogP) is 21.4. The largest absolute Gasteiger partial charge is 0.462 e. The Morgan fingerprint density at radius 3 is 0.855 bits per heavy atom. The number of allylic oxidation sites excluding steroid dienone is 22. The number of ether oxygens (including phenoxy) is 3. The fourth-order valence-corrected chi connectivity index (χ4v) is 8.26. The molecule has 6 nitrogen and oxygen atoms in total. The molecule has 1 unspecified atom stereocenters. The van der Waals surface area contributed by atoms with Gasteiger partial charge in [0, 0.05) is 19.3 Å². The van der Waals surface area contributed by atoms with E-state index in [4.69, 9.17) is 14.2 Å². The number of hydrogen-bond acceptors (Lipinski definition) is 6. The fourth-order valence-electron chi connectivity index (χ4n) is 8.26. The molecule has 0 saturated heterocycles. The van der Waals surface area contributed by atoms with Gasteiger partial charge in [0.05, 0.1) is 0 Å². The number of carbonyl (C=O) groups is 3. The quantitative estimate of drug-likeness (QED) is 0.0261. The monoisotopic (exact) mass is 1050 g/mol. The van der Waals surface area contributed by atoms with Crippen LogP contribution >= 0.6 is 0 Å². The molecule has 6 heteroatoms. The molecule has 0 spiro atoms. The Hall–Kier alpha value is -4.45. The van der Waals surface area contributed by atoms with Gasteiger partial charge in [-0.05, 0) is 128 Å². The van der Waals surface area contributed by atoms with E-state index in [1.807, 2.05) is 0 Å². The lowest BCUT2D eigenvalue weighted by atomic mass is 10.1. The van der Waals surface area contributed by atoms with Crippen molar-refractivity contribution in [1.82, 2.24) is 0 Å². The van der Waals surface area contributed by atoms with Crippen molar-refractivity contribution in [3.8, 4) is 0 Å². The van der Waals surface area contributed by atoms with Gasteiger partial charge >= 0.3 is 17.9 Å². The van der Waals surface area contributed by atoms with E-state index in [-0.39, 0.29) is 37.5 Å². The Balaban J connectivity index is 4.45. The van der Waals surface area contributed by atoms with Crippen molar-refractivity contribution in [1.29, 1.82) is 0 Å². The van der Waals surface area contributed by atoms with Crippen LogP contribution in [0.5, 0.6) is 0 Å². The van der Waals surface area contributed by atoms with Crippen molar-refractivity contribution in [2.24, 2.45) is 0 Å². The van der Waals surface area contributed by atoms with Crippen molar-refractivity contribution in [3.05, 3.63) is 134 Å². The van der Waals surface area contributed by atoms with Gasteiger partial charge in [0.1, 0.15) is 13.2 Å². The summed E-state index contributed by atoms with van der Waals surface area (Å²) >= 11 is 0. The first-order valence-corrected chi connectivity index (χ1v) is 31.2. The van der Waals surface area contributed by atoms with Crippen molar-refractivity contribution in [2.45, 2.75) is 277 Å². The molecule has 0 heterocycles. The van der Waals surface area contributed by atoms with Gasteiger partial charge in [-0.25, -0.2) is 0 Å². The van der Waals surface area contributed by atoms with Crippen molar-refractivity contribution in [2.75, 3.05) is 13.2 Å². The second-order valence-electron chi connectivity index (χ2n) is 20.2. The first kappa shape index (κ1) is 71.5. The van der Waals surface area contributed by atoms with Gasteiger partial charge in [0.25, 0.3) is 0 Å². The highest BCUT2D eigenvalue weighted by Crippen LogP contribution is 2.14. The second kappa shape index (κ2) is 63.1. The average Bonchev–Trinajstić information content (AvgIpc) is 3.42. The maximum atomic E-state index is 12.9.